The average molecular weight is 140 g/mol. The summed E-state index contributed by atoms with van der Waals surface area (Å²) in [6.07, 6.45) is 4.53. The van der Waals surface area contributed by atoms with Gasteiger partial charge in [0.05, 0.1) is 5.60 Å². The highest BCUT2D eigenvalue weighted by Gasteiger charge is 2.39. The molecule has 1 N–H and O–H groups in total. The molecule has 10 heavy (non-hydrogen) atoms. The van der Waals surface area contributed by atoms with E-state index in [1.54, 1.807) is 6.08 Å². The maximum absolute atomic E-state index is 9.72. The van der Waals surface area contributed by atoms with E-state index < -0.39 is 5.60 Å². The van der Waals surface area contributed by atoms with Gasteiger partial charge in [-0.1, -0.05) is 19.9 Å². The normalized spacial score (nSPS) is 37.9. The van der Waals surface area contributed by atoms with Crippen LogP contribution in [0.25, 0.3) is 0 Å². The molecule has 0 aromatic rings. The summed E-state index contributed by atoms with van der Waals surface area (Å²) in [7, 11) is 0. The van der Waals surface area contributed by atoms with Crippen LogP contribution in [-0.2, 0) is 0 Å². The summed E-state index contributed by atoms with van der Waals surface area (Å²) in [5.41, 5.74) is -0.257. The summed E-state index contributed by atoms with van der Waals surface area (Å²) in [6.45, 7) is 8.01. The molecule has 58 valence electrons. The first kappa shape index (κ1) is 7.80. The van der Waals surface area contributed by atoms with Crippen LogP contribution in [0.3, 0.4) is 0 Å². The monoisotopic (exact) mass is 140 g/mol. The molecule has 0 aromatic carbocycles. The van der Waals surface area contributed by atoms with Crippen molar-refractivity contribution in [1.29, 1.82) is 0 Å². The Morgan fingerprint density at radius 2 is 2.00 bits per heavy atom. The molecule has 1 rings (SSSR count). The summed E-state index contributed by atoms with van der Waals surface area (Å²) < 4.78 is 0. The van der Waals surface area contributed by atoms with E-state index in [1.165, 1.54) is 0 Å². The SMILES string of the molecule is C=C[C@]1(O)CCC(C)(C)C1. The third kappa shape index (κ3) is 1.40. The second kappa shape index (κ2) is 2.09. The lowest BCUT2D eigenvalue weighted by Gasteiger charge is -2.20. The molecular weight excluding hydrogens is 124 g/mol. The highest BCUT2D eigenvalue weighted by Crippen LogP contribution is 2.43. The lowest BCUT2D eigenvalue weighted by Crippen LogP contribution is -2.22. The molecule has 0 heterocycles. The van der Waals surface area contributed by atoms with Crippen molar-refractivity contribution in [2.45, 2.75) is 38.7 Å². The number of hydrogen-bond acceptors (Lipinski definition) is 1. The molecule has 0 spiro atoms. The molecule has 1 atom stereocenters. The van der Waals surface area contributed by atoms with E-state index in [0.29, 0.717) is 5.41 Å². The predicted molar refractivity (Wildman–Crippen MR) is 42.8 cm³/mol. The Hall–Kier alpha value is -0.300. The standard InChI is InChI=1S/C9H16O/c1-4-9(10)6-5-8(2,3)7-9/h4,10H,1,5-7H2,2-3H3/t9-/m0/s1. The third-order valence-corrected chi connectivity index (χ3v) is 2.40. The Morgan fingerprint density at radius 1 is 1.40 bits per heavy atom. The third-order valence-electron chi connectivity index (χ3n) is 2.40. The van der Waals surface area contributed by atoms with Gasteiger partial charge < -0.3 is 5.11 Å². The minimum absolute atomic E-state index is 0.308. The Bertz CT molecular complexity index is 149. The lowest BCUT2D eigenvalue weighted by atomic mass is 9.89. The number of rotatable bonds is 1. The first-order valence-corrected chi connectivity index (χ1v) is 3.83. The second-order valence-electron chi connectivity index (χ2n) is 4.15. The number of aliphatic hydroxyl groups is 1. The average Bonchev–Trinajstić information content (AvgIpc) is 2.08. The molecule has 1 aliphatic carbocycles. The zero-order valence-electron chi connectivity index (χ0n) is 6.85. The minimum Gasteiger partial charge on any atom is -0.386 e. The Labute approximate surface area is 62.8 Å². The molecule has 0 saturated heterocycles. The van der Waals surface area contributed by atoms with Crippen LogP contribution in [0.2, 0.25) is 0 Å². The maximum atomic E-state index is 9.72. The van der Waals surface area contributed by atoms with Gasteiger partial charge in [-0.25, -0.2) is 0 Å². The van der Waals surface area contributed by atoms with Gasteiger partial charge in [-0.2, -0.15) is 0 Å². The van der Waals surface area contributed by atoms with E-state index in [9.17, 15) is 5.11 Å². The summed E-state index contributed by atoms with van der Waals surface area (Å²) in [5.74, 6) is 0. The highest BCUT2D eigenvalue weighted by atomic mass is 16.3. The molecule has 1 fully saturated rings. The van der Waals surface area contributed by atoms with Crippen molar-refractivity contribution in [3.63, 3.8) is 0 Å². The largest absolute Gasteiger partial charge is 0.386 e. The van der Waals surface area contributed by atoms with Crippen molar-refractivity contribution >= 4 is 0 Å². The second-order valence-corrected chi connectivity index (χ2v) is 4.15. The van der Waals surface area contributed by atoms with Crippen LogP contribution in [0.15, 0.2) is 12.7 Å². The van der Waals surface area contributed by atoms with E-state index in [4.69, 9.17) is 0 Å². The smallest absolute Gasteiger partial charge is 0.0830 e. The van der Waals surface area contributed by atoms with E-state index in [1.807, 2.05) is 0 Å². The Balaban J connectivity index is 2.66. The molecule has 0 unspecified atom stereocenters. The van der Waals surface area contributed by atoms with Gasteiger partial charge in [-0.05, 0) is 24.7 Å². The topological polar surface area (TPSA) is 20.2 Å². The highest BCUT2D eigenvalue weighted by molar-refractivity contribution is 5.04. The van der Waals surface area contributed by atoms with Crippen molar-refractivity contribution < 1.29 is 5.11 Å². The van der Waals surface area contributed by atoms with Crippen LogP contribution in [0.5, 0.6) is 0 Å². The molecule has 1 saturated carbocycles. The van der Waals surface area contributed by atoms with Crippen molar-refractivity contribution in [2.75, 3.05) is 0 Å². The molecule has 0 bridgehead atoms. The van der Waals surface area contributed by atoms with E-state index in [-0.39, 0.29) is 0 Å². The van der Waals surface area contributed by atoms with E-state index in [2.05, 4.69) is 20.4 Å². The predicted octanol–water partition coefficient (Wildman–Crippen LogP) is 2.11. The summed E-state index contributed by atoms with van der Waals surface area (Å²) in [5, 5.41) is 9.72. The van der Waals surface area contributed by atoms with Crippen LogP contribution in [0, 0.1) is 5.41 Å². The fourth-order valence-electron chi connectivity index (χ4n) is 1.73. The van der Waals surface area contributed by atoms with Gasteiger partial charge in [0, 0.05) is 0 Å². The van der Waals surface area contributed by atoms with Gasteiger partial charge in [-0.3, -0.25) is 0 Å². The van der Waals surface area contributed by atoms with Crippen molar-refractivity contribution in [3.05, 3.63) is 12.7 Å². The van der Waals surface area contributed by atoms with Gasteiger partial charge in [-0.15, -0.1) is 6.58 Å². The van der Waals surface area contributed by atoms with Crippen molar-refractivity contribution in [3.8, 4) is 0 Å². The van der Waals surface area contributed by atoms with Crippen LogP contribution in [-0.4, -0.2) is 10.7 Å². The van der Waals surface area contributed by atoms with Crippen molar-refractivity contribution in [1.82, 2.24) is 0 Å². The van der Waals surface area contributed by atoms with Gasteiger partial charge in [0.2, 0.25) is 0 Å². The quantitative estimate of drug-likeness (QED) is 0.553. The van der Waals surface area contributed by atoms with Crippen molar-refractivity contribution in [2.24, 2.45) is 5.41 Å². The summed E-state index contributed by atoms with van der Waals surface area (Å²) in [4.78, 5) is 0. The van der Waals surface area contributed by atoms with Crippen LogP contribution >= 0.6 is 0 Å². The van der Waals surface area contributed by atoms with Gasteiger partial charge in [0.15, 0.2) is 0 Å². The Kier molecular flexibility index (Phi) is 1.63. The van der Waals surface area contributed by atoms with E-state index >= 15 is 0 Å². The first-order chi connectivity index (χ1) is 4.47. The molecule has 1 nitrogen and oxygen atoms in total. The summed E-state index contributed by atoms with van der Waals surface area (Å²) in [6, 6.07) is 0. The molecular formula is C9H16O. The van der Waals surface area contributed by atoms with Gasteiger partial charge in [0.1, 0.15) is 0 Å². The molecule has 0 amide bonds. The molecule has 0 aromatic heterocycles. The molecule has 0 radical (unpaired) electrons. The molecule has 1 aliphatic rings. The van der Waals surface area contributed by atoms with Crippen LogP contribution < -0.4 is 0 Å². The fourth-order valence-corrected chi connectivity index (χ4v) is 1.73. The molecule has 1 heteroatoms. The van der Waals surface area contributed by atoms with Crippen LogP contribution in [0.1, 0.15) is 33.1 Å². The lowest BCUT2D eigenvalue weighted by molar-refractivity contribution is 0.0876. The fraction of sp³-hybridized carbons (Fsp3) is 0.778. The maximum Gasteiger partial charge on any atom is 0.0830 e. The van der Waals surface area contributed by atoms with Crippen LogP contribution in [0.4, 0.5) is 0 Å². The van der Waals surface area contributed by atoms with Gasteiger partial charge in [0.25, 0.3) is 0 Å². The first-order valence-electron chi connectivity index (χ1n) is 3.83. The molecule has 0 aliphatic heterocycles. The summed E-state index contributed by atoms with van der Waals surface area (Å²) >= 11 is 0. The number of hydrogen-bond donors (Lipinski definition) is 1. The zero-order valence-corrected chi connectivity index (χ0v) is 6.85. The Morgan fingerprint density at radius 3 is 2.20 bits per heavy atom. The van der Waals surface area contributed by atoms with E-state index in [0.717, 1.165) is 19.3 Å². The minimum atomic E-state index is -0.566. The zero-order chi connectivity index (χ0) is 7.83. The van der Waals surface area contributed by atoms with Gasteiger partial charge >= 0.3 is 0 Å².